The van der Waals surface area contributed by atoms with Crippen molar-refractivity contribution in [3.05, 3.63) is 45.7 Å². The third kappa shape index (κ3) is 5.33. The first-order valence-electron chi connectivity index (χ1n) is 12.2. The Hall–Kier alpha value is -1.98. The first-order chi connectivity index (χ1) is 17.1. The minimum Gasteiger partial charge on any atom is -0.355 e. The highest BCUT2D eigenvalue weighted by molar-refractivity contribution is 7.89. The predicted octanol–water partition coefficient (Wildman–Crippen LogP) is 3.49. The van der Waals surface area contributed by atoms with Crippen LogP contribution in [0.1, 0.15) is 37.1 Å². The normalized spacial score (nSPS) is 20.6. The standard InChI is InChI=1S/C24H31Cl2N7O2S/c1-15-23-24(33(30-15)16(2)20-6-5-19(25)10-21(20)26)29-22(11-28-23)32-13-18(14-32)17-4-3-7-31(12-17)8-9-36(27,34)35/h5-6,10-11,16-18H,3-4,7-9,12-14H2,1-2H3,(H2,27,34,35)/t16-,17?/m1/s1. The quantitative estimate of drug-likeness (QED) is 0.478. The van der Waals surface area contributed by atoms with Gasteiger partial charge in [0.1, 0.15) is 11.3 Å². The van der Waals surface area contributed by atoms with Gasteiger partial charge in [-0.1, -0.05) is 29.3 Å². The molecule has 0 bridgehead atoms. The van der Waals surface area contributed by atoms with Crippen LogP contribution in [0.15, 0.2) is 24.4 Å². The van der Waals surface area contributed by atoms with Crippen molar-refractivity contribution >= 4 is 50.2 Å². The highest BCUT2D eigenvalue weighted by Gasteiger charge is 2.37. The van der Waals surface area contributed by atoms with Crippen LogP contribution in [-0.4, -0.2) is 71.5 Å². The number of sulfonamides is 1. The number of piperidine rings is 1. The minimum atomic E-state index is -3.43. The Balaban J connectivity index is 1.29. The van der Waals surface area contributed by atoms with Crippen molar-refractivity contribution in [3.63, 3.8) is 0 Å². The van der Waals surface area contributed by atoms with Gasteiger partial charge in [0.2, 0.25) is 10.0 Å². The molecule has 0 amide bonds. The molecule has 2 atom stereocenters. The Kier molecular flexibility index (Phi) is 7.17. The van der Waals surface area contributed by atoms with E-state index in [9.17, 15) is 8.42 Å². The van der Waals surface area contributed by atoms with Gasteiger partial charge in [0.25, 0.3) is 0 Å². The molecule has 194 valence electrons. The molecule has 12 heteroatoms. The van der Waals surface area contributed by atoms with Gasteiger partial charge in [-0.25, -0.2) is 28.2 Å². The summed E-state index contributed by atoms with van der Waals surface area (Å²) < 4.78 is 24.6. The number of rotatable bonds is 7. The number of aryl methyl sites for hydroxylation is 1. The highest BCUT2D eigenvalue weighted by Crippen LogP contribution is 2.35. The fourth-order valence-electron chi connectivity index (χ4n) is 5.37. The van der Waals surface area contributed by atoms with Crippen LogP contribution in [0.25, 0.3) is 11.2 Å². The Bertz CT molecular complexity index is 1370. The molecule has 0 spiro atoms. The summed E-state index contributed by atoms with van der Waals surface area (Å²) in [5.74, 6) is 1.96. The van der Waals surface area contributed by atoms with Gasteiger partial charge in [-0.05, 0) is 62.8 Å². The topological polar surface area (TPSA) is 110 Å². The first kappa shape index (κ1) is 25.7. The monoisotopic (exact) mass is 551 g/mol. The van der Waals surface area contributed by atoms with Gasteiger partial charge in [0.15, 0.2) is 5.65 Å². The fraction of sp³-hybridized carbons (Fsp3) is 0.542. The second-order valence-corrected chi connectivity index (χ2v) is 12.6. The molecule has 0 aliphatic carbocycles. The van der Waals surface area contributed by atoms with Crippen LogP contribution in [0, 0.1) is 18.8 Å². The van der Waals surface area contributed by atoms with E-state index in [1.165, 1.54) is 6.42 Å². The van der Waals surface area contributed by atoms with Crippen LogP contribution < -0.4 is 10.0 Å². The number of benzene rings is 1. The molecule has 2 aromatic heterocycles. The van der Waals surface area contributed by atoms with Crippen LogP contribution >= 0.6 is 23.2 Å². The van der Waals surface area contributed by atoms with E-state index in [0.717, 1.165) is 60.8 Å². The van der Waals surface area contributed by atoms with Gasteiger partial charge in [0.05, 0.1) is 23.7 Å². The molecule has 4 heterocycles. The lowest BCUT2D eigenvalue weighted by Gasteiger charge is -2.47. The molecule has 5 rings (SSSR count). The lowest BCUT2D eigenvalue weighted by atomic mass is 9.80. The van der Waals surface area contributed by atoms with E-state index in [0.29, 0.717) is 28.4 Å². The molecule has 2 aliphatic heterocycles. The minimum absolute atomic E-state index is 0.0128. The van der Waals surface area contributed by atoms with Crippen molar-refractivity contribution in [1.29, 1.82) is 0 Å². The molecular formula is C24H31Cl2N7O2S. The summed E-state index contributed by atoms with van der Waals surface area (Å²) in [7, 11) is -3.43. The molecule has 1 unspecified atom stereocenters. The molecule has 2 aliphatic rings. The average Bonchev–Trinajstić information content (AvgIpc) is 3.12. The summed E-state index contributed by atoms with van der Waals surface area (Å²) in [5, 5.41) is 11.1. The van der Waals surface area contributed by atoms with Crippen molar-refractivity contribution in [2.24, 2.45) is 17.0 Å². The zero-order valence-electron chi connectivity index (χ0n) is 20.4. The molecule has 1 aromatic carbocycles. The summed E-state index contributed by atoms with van der Waals surface area (Å²) in [6, 6.07) is 5.36. The van der Waals surface area contributed by atoms with Crippen LogP contribution in [0.4, 0.5) is 5.82 Å². The zero-order valence-corrected chi connectivity index (χ0v) is 22.8. The van der Waals surface area contributed by atoms with Crippen LogP contribution in [0.5, 0.6) is 0 Å². The molecule has 2 fully saturated rings. The van der Waals surface area contributed by atoms with E-state index >= 15 is 0 Å². The number of aromatic nitrogens is 4. The van der Waals surface area contributed by atoms with Gasteiger partial charge in [-0.3, -0.25) is 0 Å². The van der Waals surface area contributed by atoms with Gasteiger partial charge < -0.3 is 9.80 Å². The van der Waals surface area contributed by atoms with Gasteiger partial charge in [0, 0.05) is 36.2 Å². The summed E-state index contributed by atoms with van der Waals surface area (Å²) in [5.41, 5.74) is 3.26. The number of halogens is 2. The smallest absolute Gasteiger partial charge is 0.210 e. The van der Waals surface area contributed by atoms with E-state index in [-0.39, 0.29) is 11.8 Å². The van der Waals surface area contributed by atoms with E-state index in [4.69, 9.17) is 43.4 Å². The second kappa shape index (κ2) is 10.1. The molecule has 2 N–H and O–H groups in total. The fourth-order valence-corrected chi connectivity index (χ4v) is 6.45. The summed E-state index contributed by atoms with van der Waals surface area (Å²) >= 11 is 12.6. The number of fused-ring (bicyclic) bond motifs is 1. The Morgan fingerprint density at radius 3 is 2.69 bits per heavy atom. The van der Waals surface area contributed by atoms with Crippen molar-refractivity contribution < 1.29 is 8.42 Å². The molecule has 3 aromatic rings. The SMILES string of the molecule is Cc1nn([C@H](C)c2ccc(Cl)cc2Cl)c2nc(N3CC(C4CCCN(CCS(N)(=O)=O)C4)C3)cnc12. The highest BCUT2D eigenvalue weighted by atomic mass is 35.5. The lowest BCUT2D eigenvalue weighted by Crippen LogP contribution is -2.54. The van der Waals surface area contributed by atoms with E-state index in [2.05, 4.69) is 9.80 Å². The second-order valence-electron chi connectivity index (χ2n) is 10.0. The van der Waals surface area contributed by atoms with Gasteiger partial charge in [-0.2, -0.15) is 5.10 Å². The number of primary sulfonamides is 1. The Labute approximate surface area is 221 Å². The molecule has 2 saturated heterocycles. The van der Waals surface area contributed by atoms with Crippen molar-refractivity contribution in [1.82, 2.24) is 24.6 Å². The predicted molar refractivity (Wildman–Crippen MR) is 143 cm³/mol. The number of nitrogens with two attached hydrogens (primary N) is 1. The number of hydrogen-bond acceptors (Lipinski definition) is 7. The van der Waals surface area contributed by atoms with Gasteiger partial charge >= 0.3 is 0 Å². The zero-order chi connectivity index (χ0) is 25.6. The lowest BCUT2D eigenvalue weighted by molar-refractivity contribution is 0.125. The number of hydrogen-bond donors (Lipinski definition) is 1. The van der Waals surface area contributed by atoms with E-state index in [1.54, 1.807) is 6.07 Å². The number of anilines is 1. The average molecular weight is 553 g/mol. The van der Waals surface area contributed by atoms with E-state index in [1.807, 2.05) is 36.9 Å². The van der Waals surface area contributed by atoms with Crippen LogP contribution in [0.2, 0.25) is 10.0 Å². The maximum Gasteiger partial charge on any atom is 0.210 e. The van der Waals surface area contributed by atoms with E-state index < -0.39 is 10.0 Å². The first-order valence-corrected chi connectivity index (χ1v) is 14.7. The Morgan fingerprint density at radius 2 is 1.97 bits per heavy atom. The number of likely N-dealkylation sites (tertiary alicyclic amines) is 1. The van der Waals surface area contributed by atoms with Crippen LogP contribution in [-0.2, 0) is 10.0 Å². The maximum absolute atomic E-state index is 11.3. The molecule has 9 nitrogen and oxygen atoms in total. The maximum atomic E-state index is 11.3. The third-order valence-corrected chi connectivity index (χ3v) is 8.79. The van der Waals surface area contributed by atoms with Crippen molar-refractivity contribution in [2.75, 3.05) is 43.4 Å². The molecule has 0 saturated carbocycles. The third-order valence-electron chi connectivity index (χ3n) is 7.47. The number of nitrogens with zero attached hydrogens (tertiary/aromatic N) is 6. The Morgan fingerprint density at radius 1 is 1.19 bits per heavy atom. The molecular weight excluding hydrogens is 521 g/mol. The largest absolute Gasteiger partial charge is 0.355 e. The summed E-state index contributed by atoms with van der Waals surface area (Å²) in [6.07, 6.45) is 4.08. The van der Waals surface area contributed by atoms with Crippen molar-refractivity contribution in [2.45, 2.75) is 32.7 Å². The molecule has 36 heavy (non-hydrogen) atoms. The summed E-state index contributed by atoms with van der Waals surface area (Å²) in [4.78, 5) is 14.2. The molecule has 0 radical (unpaired) electrons. The van der Waals surface area contributed by atoms with Gasteiger partial charge in [-0.15, -0.1) is 0 Å². The van der Waals surface area contributed by atoms with Crippen LogP contribution in [0.3, 0.4) is 0 Å². The van der Waals surface area contributed by atoms with Crippen molar-refractivity contribution in [3.8, 4) is 0 Å². The summed E-state index contributed by atoms with van der Waals surface area (Å²) in [6.45, 7) is 8.17.